The second kappa shape index (κ2) is 5.35. The largest absolute Gasteiger partial charge is 0.497 e. The highest BCUT2D eigenvalue weighted by molar-refractivity contribution is 5.39. The zero-order valence-electron chi connectivity index (χ0n) is 10.3. The molecule has 1 N–H and O–H groups in total. The molecule has 0 amide bonds. The van der Waals surface area contributed by atoms with Gasteiger partial charge in [-0.1, -0.05) is 13.0 Å². The minimum Gasteiger partial charge on any atom is -0.497 e. The molecule has 0 heterocycles. The topological polar surface area (TPSA) is 21.3 Å². The highest BCUT2D eigenvalue weighted by Gasteiger charge is 2.20. The molecule has 0 saturated heterocycles. The zero-order valence-corrected chi connectivity index (χ0v) is 10.3. The standard InChI is InChI=1S/C14H21NO/c1-3-15-10-12-6-4-5-11-7-8-13(16-2)9-14(11)12/h7-9,12,15H,3-6,10H2,1-2H3. The van der Waals surface area contributed by atoms with Gasteiger partial charge in [-0.2, -0.15) is 0 Å². The normalized spacial score (nSPS) is 19.2. The quantitative estimate of drug-likeness (QED) is 0.840. The Hall–Kier alpha value is -1.02. The maximum absolute atomic E-state index is 5.31. The third-order valence-electron chi connectivity index (χ3n) is 3.43. The van der Waals surface area contributed by atoms with Gasteiger partial charge in [-0.3, -0.25) is 0 Å². The summed E-state index contributed by atoms with van der Waals surface area (Å²) in [5.74, 6) is 1.65. The highest BCUT2D eigenvalue weighted by Crippen LogP contribution is 2.33. The van der Waals surface area contributed by atoms with Gasteiger partial charge in [0, 0.05) is 6.54 Å². The number of fused-ring (bicyclic) bond motifs is 1. The molecule has 1 aromatic rings. The van der Waals surface area contributed by atoms with Gasteiger partial charge in [-0.15, -0.1) is 0 Å². The predicted octanol–water partition coefficient (Wildman–Crippen LogP) is 2.72. The van der Waals surface area contributed by atoms with Crippen LogP contribution in [0.3, 0.4) is 0 Å². The Balaban J connectivity index is 2.21. The van der Waals surface area contributed by atoms with Gasteiger partial charge in [0.25, 0.3) is 0 Å². The summed E-state index contributed by atoms with van der Waals surface area (Å²) in [6.07, 6.45) is 3.84. The molecule has 0 spiro atoms. The van der Waals surface area contributed by atoms with Crippen molar-refractivity contribution in [2.24, 2.45) is 0 Å². The van der Waals surface area contributed by atoms with Gasteiger partial charge in [-0.05, 0) is 55.0 Å². The summed E-state index contributed by atoms with van der Waals surface area (Å²) in [7, 11) is 1.74. The number of hydrogen-bond acceptors (Lipinski definition) is 2. The summed E-state index contributed by atoms with van der Waals surface area (Å²) in [5, 5.41) is 3.46. The molecular weight excluding hydrogens is 198 g/mol. The molecule has 1 aliphatic rings. The molecule has 0 saturated carbocycles. The lowest BCUT2D eigenvalue weighted by Crippen LogP contribution is -2.24. The Morgan fingerprint density at radius 1 is 1.44 bits per heavy atom. The van der Waals surface area contributed by atoms with E-state index in [4.69, 9.17) is 4.74 Å². The summed E-state index contributed by atoms with van der Waals surface area (Å²) in [4.78, 5) is 0. The van der Waals surface area contributed by atoms with Gasteiger partial charge in [-0.25, -0.2) is 0 Å². The Morgan fingerprint density at radius 2 is 2.31 bits per heavy atom. The van der Waals surface area contributed by atoms with Crippen molar-refractivity contribution in [3.8, 4) is 5.75 Å². The summed E-state index contributed by atoms with van der Waals surface area (Å²) in [6.45, 7) is 4.31. The molecule has 2 nitrogen and oxygen atoms in total. The van der Waals surface area contributed by atoms with Crippen molar-refractivity contribution in [3.05, 3.63) is 29.3 Å². The fourth-order valence-electron chi connectivity index (χ4n) is 2.53. The summed E-state index contributed by atoms with van der Waals surface area (Å²) in [5.41, 5.74) is 3.00. The number of nitrogens with one attached hydrogen (secondary N) is 1. The first-order valence-corrected chi connectivity index (χ1v) is 6.22. The van der Waals surface area contributed by atoms with Crippen molar-refractivity contribution in [3.63, 3.8) is 0 Å². The third-order valence-corrected chi connectivity index (χ3v) is 3.43. The summed E-state index contributed by atoms with van der Waals surface area (Å²) in [6, 6.07) is 6.53. The molecule has 1 unspecified atom stereocenters. The van der Waals surface area contributed by atoms with Crippen LogP contribution in [0.2, 0.25) is 0 Å². The van der Waals surface area contributed by atoms with E-state index in [1.165, 1.54) is 30.4 Å². The minimum atomic E-state index is 0.666. The van der Waals surface area contributed by atoms with E-state index in [-0.39, 0.29) is 0 Å². The predicted molar refractivity (Wildman–Crippen MR) is 67.2 cm³/mol. The lowest BCUT2D eigenvalue weighted by molar-refractivity contribution is 0.412. The molecule has 16 heavy (non-hydrogen) atoms. The molecule has 2 rings (SSSR count). The monoisotopic (exact) mass is 219 g/mol. The second-order valence-corrected chi connectivity index (χ2v) is 4.46. The van der Waals surface area contributed by atoms with E-state index in [1.54, 1.807) is 7.11 Å². The van der Waals surface area contributed by atoms with Crippen molar-refractivity contribution in [1.82, 2.24) is 5.32 Å². The van der Waals surface area contributed by atoms with Crippen LogP contribution >= 0.6 is 0 Å². The van der Waals surface area contributed by atoms with Crippen molar-refractivity contribution < 1.29 is 4.74 Å². The van der Waals surface area contributed by atoms with Crippen LogP contribution in [0.1, 0.15) is 36.8 Å². The molecule has 88 valence electrons. The van der Waals surface area contributed by atoms with Crippen molar-refractivity contribution in [1.29, 1.82) is 0 Å². The first kappa shape index (κ1) is 11.5. The molecule has 1 atom stereocenters. The third kappa shape index (κ3) is 2.38. The summed E-state index contributed by atoms with van der Waals surface area (Å²) < 4.78 is 5.31. The minimum absolute atomic E-state index is 0.666. The van der Waals surface area contributed by atoms with Gasteiger partial charge >= 0.3 is 0 Å². The van der Waals surface area contributed by atoms with Gasteiger partial charge in [0.05, 0.1) is 7.11 Å². The number of hydrogen-bond donors (Lipinski definition) is 1. The molecule has 2 heteroatoms. The maximum Gasteiger partial charge on any atom is 0.119 e. The average molecular weight is 219 g/mol. The molecule has 1 aromatic carbocycles. The lowest BCUT2D eigenvalue weighted by Gasteiger charge is -2.26. The van der Waals surface area contributed by atoms with E-state index in [1.807, 2.05) is 0 Å². The van der Waals surface area contributed by atoms with Crippen LogP contribution < -0.4 is 10.1 Å². The average Bonchev–Trinajstić information content (AvgIpc) is 2.35. The summed E-state index contributed by atoms with van der Waals surface area (Å²) >= 11 is 0. The zero-order chi connectivity index (χ0) is 11.4. The Kier molecular flexibility index (Phi) is 3.83. The number of benzene rings is 1. The first-order chi connectivity index (χ1) is 7.85. The van der Waals surface area contributed by atoms with Crippen LogP contribution in [-0.2, 0) is 6.42 Å². The van der Waals surface area contributed by atoms with Crippen molar-refractivity contribution in [2.45, 2.75) is 32.1 Å². The number of rotatable bonds is 4. The molecule has 0 aliphatic heterocycles. The van der Waals surface area contributed by atoms with Crippen LogP contribution in [0, 0.1) is 0 Å². The molecule has 0 fully saturated rings. The van der Waals surface area contributed by atoms with Crippen LogP contribution in [0.4, 0.5) is 0 Å². The first-order valence-electron chi connectivity index (χ1n) is 6.22. The highest BCUT2D eigenvalue weighted by atomic mass is 16.5. The van der Waals surface area contributed by atoms with Gasteiger partial charge < -0.3 is 10.1 Å². The number of likely N-dealkylation sites (N-methyl/N-ethyl adjacent to an activating group) is 1. The maximum atomic E-state index is 5.31. The van der Waals surface area contributed by atoms with E-state index in [2.05, 4.69) is 30.4 Å². The van der Waals surface area contributed by atoms with E-state index < -0.39 is 0 Å². The molecule has 1 aliphatic carbocycles. The Labute approximate surface area is 98.0 Å². The van der Waals surface area contributed by atoms with Crippen LogP contribution in [0.15, 0.2) is 18.2 Å². The number of aryl methyl sites for hydroxylation is 1. The van der Waals surface area contributed by atoms with E-state index in [9.17, 15) is 0 Å². The van der Waals surface area contributed by atoms with Crippen molar-refractivity contribution in [2.75, 3.05) is 20.2 Å². The smallest absolute Gasteiger partial charge is 0.119 e. The van der Waals surface area contributed by atoms with Crippen LogP contribution in [0.25, 0.3) is 0 Å². The molecule has 0 aromatic heterocycles. The van der Waals surface area contributed by atoms with E-state index in [0.717, 1.165) is 18.8 Å². The van der Waals surface area contributed by atoms with Gasteiger partial charge in [0.2, 0.25) is 0 Å². The Morgan fingerprint density at radius 3 is 3.06 bits per heavy atom. The van der Waals surface area contributed by atoms with Crippen LogP contribution in [0.5, 0.6) is 5.75 Å². The Bertz CT molecular complexity index is 349. The fourth-order valence-corrected chi connectivity index (χ4v) is 2.53. The van der Waals surface area contributed by atoms with Gasteiger partial charge in [0.15, 0.2) is 0 Å². The number of methoxy groups -OCH3 is 1. The SMILES string of the molecule is CCNCC1CCCc2ccc(OC)cc21. The van der Waals surface area contributed by atoms with Crippen LogP contribution in [-0.4, -0.2) is 20.2 Å². The molecule has 0 radical (unpaired) electrons. The second-order valence-electron chi connectivity index (χ2n) is 4.46. The molecular formula is C14H21NO. The fraction of sp³-hybridized carbons (Fsp3) is 0.571. The lowest BCUT2D eigenvalue weighted by atomic mass is 9.82. The van der Waals surface area contributed by atoms with E-state index >= 15 is 0 Å². The van der Waals surface area contributed by atoms with E-state index in [0.29, 0.717) is 5.92 Å². The van der Waals surface area contributed by atoms with Crippen molar-refractivity contribution >= 4 is 0 Å². The number of ether oxygens (including phenoxy) is 1. The van der Waals surface area contributed by atoms with Gasteiger partial charge in [0.1, 0.15) is 5.75 Å². The molecule has 0 bridgehead atoms.